The molecule has 0 aromatic heterocycles. The van der Waals surface area contributed by atoms with Crippen molar-refractivity contribution in [2.75, 3.05) is 26.2 Å². The number of hydrogen-bond donors (Lipinski definition) is 2. The summed E-state index contributed by atoms with van der Waals surface area (Å²) in [4.78, 5) is 2.48. The molecular formula is C15H27N3. The van der Waals surface area contributed by atoms with Crippen LogP contribution in [0.3, 0.4) is 0 Å². The summed E-state index contributed by atoms with van der Waals surface area (Å²) >= 11 is 0. The molecule has 0 amide bonds. The molecule has 3 N–H and O–H groups in total. The second-order valence-corrected chi connectivity index (χ2v) is 4.69. The van der Waals surface area contributed by atoms with Crippen LogP contribution >= 0.6 is 0 Å². The molecule has 1 aromatic rings. The molecule has 0 radical (unpaired) electrons. The molecule has 0 aliphatic carbocycles. The van der Waals surface area contributed by atoms with Crippen molar-refractivity contribution in [1.82, 2.24) is 10.2 Å². The molecule has 1 aromatic carbocycles. The SMILES string of the molecule is CCN(CC)C(CNC(C)CN)c1ccccc1. The van der Waals surface area contributed by atoms with Crippen molar-refractivity contribution in [2.24, 2.45) is 5.73 Å². The highest BCUT2D eigenvalue weighted by molar-refractivity contribution is 5.19. The minimum Gasteiger partial charge on any atom is -0.329 e. The third-order valence-electron chi connectivity index (χ3n) is 3.45. The summed E-state index contributed by atoms with van der Waals surface area (Å²) in [7, 11) is 0. The Morgan fingerprint density at radius 2 is 1.78 bits per heavy atom. The second-order valence-electron chi connectivity index (χ2n) is 4.69. The second kappa shape index (κ2) is 8.25. The lowest BCUT2D eigenvalue weighted by Gasteiger charge is -2.31. The van der Waals surface area contributed by atoms with Gasteiger partial charge in [-0.25, -0.2) is 0 Å². The predicted molar refractivity (Wildman–Crippen MR) is 78.6 cm³/mol. The van der Waals surface area contributed by atoms with Crippen molar-refractivity contribution in [3.63, 3.8) is 0 Å². The summed E-state index contributed by atoms with van der Waals surface area (Å²) in [6.07, 6.45) is 0. The zero-order valence-corrected chi connectivity index (χ0v) is 11.9. The third-order valence-corrected chi connectivity index (χ3v) is 3.45. The number of nitrogens with two attached hydrogens (primary N) is 1. The van der Waals surface area contributed by atoms with Gasteiger partial charge in [-0.2, -0.15) is 0 Å². The van der Waals surface area contributed by atoms with E-state index >= 15 is 0 Å². The van der Waals surface area contributed by atoms with Crippen molar-refractivity contribution in [3.05, 3.63) is 35.9 Å². The number of hydrogen-bond acceptors (Lipinski definition) is 3. The van der Waals surface area contributed by atoms with Gasteiger partial charge in [-0.3, -0.25) is 4.90 Å². The fraction of sp³-hybridized carbons (Fsp3) is 0.600. The minimum atomic E-state index is 0.367. The first-order valence-electron chi connectivity index (χ1n) is 6.95. The van der Waals surface area contributed by atoms with Crippen LogP contribution in [0.1, 0.15) is 32.4 Å². The molecule has 3 nitrogen and oxygen atoms in total. The van der Waals surface area contributed by atoms with Crippen LogP contribution in [-0.4, -0.2) is 37.1 Å². The van der Waals surface area contributed by atoms with Crippen molar-refractivity contribution in [3.8, 4) is 0 Å². The maximum atomic E-state index is 5.66. The average Bonchev–Trinajstić information content (AvgIpc) is 2.44. The molecule has 0 aliphatic heterocycles. The van der Waals surface area contributed by atoms with Crippen molar-refractivity contribution >= 4 is 0 Å². The Kier molecular flexibility index (Phi) is 6.94. The Hall–Kier alpha value is -0.900. The van der Waals surface area contributed by atoms with E-state index in [2.05, 4.69) is 61.3 Å². The monoisotopic (exact) mass is 249 g/mol. The molecule has 18 heavy (non-hydrogen) atoms. The summed E-state index contributed by atoms with van der Waals surface area (Å²) in [5.74, 6) is 0. The van der Waals surface area contributed by atoms with Crippen molar-refractivity contribution < 1.29 is 0 Å². The van der Waals surface area contributed by atoms with E-state index in [0.29, 0.717) is 18.6 Å². The normalized spacial score (nSPS) is 14.7. The summed E-state index contributed by atoms with van der Waals surface area (Å²) in [6.45, 7) is 10.3. The number of likely N-dealkylation sites (N-methyl/N-ethyl adjacent to an activating group) is 1. The molecule has 102 valence electrons. The average molecular weight is 249 g/mol. The molecule has 0 spiro atoms. The molecule has 3 heteroatoms. The van der Waals surface area contributed by atoms with Gasteiger partial charge in [0.25, 0.3) is 0 Å². The summed E-state index contributed by atoms with van der Waals surface area (Å²) in [6, 6.07) is 11.5. The number of nitrogens with zero attached hydrogens (tertiary/aromatic N) is 1. The molecule has 2 atom stereocenters. The zero-order chi connectivity index (χ0) is 13.4. The quantitative estimate of drug-likeness (QED) is 0.740. The largest absolute Gasteiger partial charge is 0.329 e. The Morgan fingerprint density at radius 1 is 1.17 bits per heavy atom. The summed E-state index contributed by atoms with van der Waals surface area (Å²) in [5, 5.41) is 3.51. The molecule has 2 unspecified atom stereocenters. The lowest BCUT2D eigenvalue weighted by atomic mass is 10.0. The van der Waals surface area contributed by atoms with E-state index in [9.17, 15) is 0 Å². The fourth-order valence-electron chi connectivity index (χ4n) is 2.19. The number of benzene rings is 1. The van der Waals surface area contributed by atoms with Gasteiger partial charge < -0.3 is 11.1 Å². The van der Waals surface area contributed by atoms with E-state index in [1.165, 1.54) is 5.56 Å². The number of rotatable bonds is 8. The molecule has 0 saturated heterocycles. The van der Waals surface area contributed by atoms with Crippen LogP contribution in [-0.2, 0) is 0 Å². The van der Waals surface area contributed by atoms with Crippen LogP contribution < -0.4 is 11.1 Å². The van der Waals surface area contributed by atoms with Crippen molar-refractivity contribution in [1.29, 1.82) is 0 Å². The lowest BCUT2D eigenvalue weighted by molar-refractivity contribution is 0.209. The highest BCUT2D eigenvalue weighted by Gasteiger charge is 2.17. The maximum Gasteiger partial charge on any atom is 0.0472 e. The first kappa shape index (κ1) is 15.2. The van der Waals surface area contributed by atoms with Crippen LogP contribution in [0.15, 0.2) is 30.3 Å². The highest BCUT2D eigenvalue weighted by Crippen LogP contribution is 2.19. The van der Waals surface area contributed by atoms with Crippen LogP contribution in [0.4, 0.5) is 0 Å². The predicted octanol–water partition coefficient (Wildman–Crippen LogP) is 2.01. The van der Waals surface area contributed by atoms with Gasteiger partial charge in [0.2, 0.25) is 0 Å². The zero-order valence-electron chi connectivity index (χ0n) is 11.9. The Bertz CT molecular complexity index is 309. The van der Waals surface area contributed by atoms with Gasteiger partial charge in [-0.1, -0.05) is 44.2 Å². The lowest BCUT2D eigenvalue weighted by Crippen LogP contribution is -2.41. The first-order valence-corrected chi connectivity index (χ1v) is 6.95. The van der Waals surface area contributed by atoms with Gasteiger partial charge >= 0.3 is 0 Å². The minimum absolute atomic E-state index is 0.367. The van der Waals surface area contributed by atoms with Crippen LogP contribution in [0, 0.1) is 0 Å². The van der Waals surface area contributed by atoms with Gasteiger partial charge in [0.05, 0.1) is 0 Å². The van der Waals surface area contributed by atoms with Crippen LogP contribution in [0.5, 0.6) is 0 Å². The van der Waals surface area contributed by atoms with Crippen molar-refractivity contribution in [2.45, 2.75) is 32.9 Å². The van der Waals surface area contributed by atoms with E-state index in [1.54, 1.807) is 0 Å². The number of nitrogens with one attached hydrogen (secondary N) is 1. The van der Waals surface area contributed by atoms with E-state index in [0.717, 1.165) is 19.6 Å². The Balaban J connectivity index is 2.75. The fourth-order valence-corrected chi connectivity index (χ4v) is 2.19. The Morgan fingerprint density at radius 3 is 2.28 bits per heavy atom. The standard InChI is InChI=1S/C15H27N3/c1-4-18(5-2)15(12-17-13(3)11-16)14-9-7-6-8-10-14/h6-10,13,15,17H,4-5,11-12,16H2,1-3H3. The van der Waals surface area contributed by atoms with Gasteiger partial charge in [-0.15, -0.1) is 0 Å². The molecule has 0 saturated carbocycles. The summed E-state index contributed by atoms with van der Waals surface area (Å²) in [5.41, 5.74) is 7.04. The molecular weight excluding hydrogens is 222 g/mol. The molecule has 0 aliphatic rings. The third kappa shape index (κ3) is 4.41. The summed E-state index contributed by atoms with van der Waals surface area (Å²) < 4.78 is 0. The van der Waals surface area contributed by atoms with Gasteiger partial charge in [0, 0.05) is 25.2 Å². The van der Waals surface area contributed by atoms with E-state index in [4.69, 9.17) is 5.73 Å². The first-order chi connectivity index (χ1) is 8.72. The highest BCUT2D eigenvalue weighted by atomic mass is 15.2. The van der Waals surface area contributed by atoms with E-state index < -0.39 is 0 Å². The topological polar surface area (TPSA) is 41.3 Å². The maximum absolute atomic E-state index is 5.66. The van der Waals surface area contributed by atoms with Crippen LogP contribution in [0.25, 0.3) is 0 Å². The smallest absolute Gasteiger partial charge is 0.0472 e. The molecule has 0 bridgehead atoms. The van der Waals surface area contributed by atoms with Crippen LogP contribution in [0.2, 0.25) is 0 Å². The molecule has 0 heterocycles. The van der Waals surface area contributed by atoms with Gasteiger partial charge in [0.1, 0.15) is 0 Å². The molecule has 0 fully saturated rings. The van der Waals surface area contributed by atoms with Gasteiger partial charge in [0.15, 0.2) is 0 Å². The van der Waals surface area contributed by atoms with Gasteiger partial charge in [-0.05, 0) is 25.6 Å². The van der Waals surface area contributed by atoms with E-state index in [1.807, 2.05) is 0 Å². The van der Waals surface area contributed by atoms with E-state index in [-0.39, 0.29) is 0 Å². The molecule has 1 rings (SSSR count). The Labute approximate surface area is 111 Å².